The highest BCUT2D eigenvalue weighted by Crippen LogP contribution is 2.47. The number of amidine groups is 1. The summed E-state index contributed by atoms with van der Waals surface area (Å²) in [5.74, 6) is 0.592. The predicted molar refractivity (Wildman–Crippen MR) is 129 cm³/mol. The first-order valence-electron chi connectivity index (χ1n) is 11.1. The fourth-order valence-electron chi connectivity index (χ4n) is 4.35. The Bertz CT molecular complexity index is 1060. The van der Waals surface area contributed by atoms with E-state index in [2.05, 4.69) is 10.3 Å². The highest BCUT2D eigenvalue weighted by molar-refractivity contribution is 8.16. The number of allylic oxidation sites excluding steroid dienone is 1. The van der Waals surface area contributed by atoms with Crippen LogP contribution in [0.25, 0.3) is 0 Å². The second-order valence-electron chi connectivity index (χ2n) is 8.11. The van der Waals surface area contributed by atoms with Crippen LogP contribution < -0.4 is 14.8 Å². The van der Waals surface area contributed by atoms with Crippen LogP contribution in [0.3, 0.4) is 0 Å². The Kier molecular flexibility index (Phi) is 7.47. The fourth-order valence-corrected chi connectivity index (χ4v) is 5.31. The Morgan fingerprint density at radius 2 is 2.09 bits per heavy atom. The molecule has 4 rings (SSSR count). The molecule has 0 aromatic heterocycles. The van der Waals surface area contributed by atoms with E-state index in [1.807, 2.05) is 16.4 Å². The lowest BCUT2D eigenvalue weighted by Crippen LogP contribution is -2.38. The van der Waals surface area contributed by atoms with Crippen molar-refractivity contribution in [3.63, 3.8) is 0 Å². The van der Waals surface area contributed by atoms with Crippen LogP contribution in [0.4, 0.5) is 0 Å². The smallest absolute Gasteiger partial charge is 0.338 e. The van der Waals surface area contributed by atoms with Gasteiger partial charge in [-0.3, -0.25) is 4.79 Å². The zero-order valence-corrected chi connectivity index (χ0v) is 20.6. The van der Waals surface area contributed by atoms with Crippen LogP contribution in [0.2, 0.25) is 0 Å². The van der Waals surface area contributed by atoms with Crippen molar-refractivity contribution in [2.45, 2.75) is 38.3 Å². The highest BCUT2D eigenvalue weighted by Gasteiger charge is 2.42. The molecule has 10 heteroatoms. The lowest BCUT2D eigenvalue weighted by Gasteiger charge is -2.36. The maximum atomic E-state index is 12.9. The summed E-state index contributed by atoms with van der Waals surface area (Å²) in [5.41, 5.74) is 2.38. The van der Waals surface area contributed by atoms with Gasteiger partial charge >= 0.3 is 5.97 Å². The summed E-state index contributed by atoms with van der Waals surface area (Å²) in [6.07, 6.45) is 2.16. The zero-order chi connectivity index (χ0) is 24.2. The van der Waals surface area contributed by atoms with Crippen LogP contribution in [0.1, 0.15) is 37.8 Å². The molecule has 3 aliphatic rings. The number of esters is 1. The molecule has 1 aromatic carbocycles. The molecule has 0 unspecified atom stereocenters. The Hall–Kier alpha value is -2.98. The van der Waals surface area contributed by atoms with Crippen LogP contribution in [0.5, 0.6) is 11.5 Å². The molecule has 182 valence electrons. The summed E-state index contributed by atoms with van der Waals surface area (Å²) in [6, 6.07) is 4.82. The monoisotopic (exact) mass is 487 g/mol. The van der Waals surface area contributed by atoms with Crippen molar-refractivity contribution < 1.29 is 28.5 Å². The SMILES string of the molecule is COC(=O)C1=C(C)N=C2SC=C(CC(=O)NC[C@H]3CCCO3)N2[C@@H]1c1cc(OC)ccc1OC. The number of fused-ring (bicyclic) bond motifs is 1. The van der Waals surface area contributed by atoms with Crippen LogP contribution in [-0.2, 0) is 19.1 Å². The van der Waals surface area contributed by atoms with E-state index in [-0.39, 0.29) is 18.4 Å². The minimum absolute atomic E-state index is 0.0632. The molecule has 1 fully saturated rings. The van der Waals surface area contributed by atoms with E-state index in [0.29, 0.717) is 40.0 Å². The van der Waals surface area contributed by atoms with Gasteiger partial charge in [-0.15, -0.1) is 0 Å². The number of aliphatic imine (C=N–C) groups is 1. The van der Waals surface area contributed by atoms with Crippen molar-refractivity contribution in [2.75, 3.05) is 34.5 Å². The number of rotatable bonds is 8. The molecule has 0 bridgehead atoms. The largest absolute Gasteiger partial charge is 0.497 e. The second kappa shape index (κ2) is 10.5. The first-order valence-corrected chi connectivity index (χ1v) is 12.0. The standard InChI is InChI=1S/C24H29N3O6S/c1-14-21(23(29)32-4)22(18-11-16(30-2)7-8-19(18)31-3)27-15(13-34-24(27)26-14)10-20(28)25-12-17-6-5-9-33-17/h7-8,11,13,17,22H,5-6,9-10,12H2,1-4H3,(H,25,28)/t17-,22-/m1/s1. The molecule has 0 aliphatic carbocycles. The summed E-state index contributed by atoms with van der Waals surface area (Å²) in [7, 11) is 4.50. The van der Waals surface area contributed by atoms with Crippen LogP contribution >= 0.6 is 11.8 Å². The van der Waals surface area contributed by atoms with Crippen molar-refractivity contribution in [3.8, 4) is 11.5 Å². The molecular weight excluding hydrogens is 458 g/mol. The molecule has 1 amide bonds. The number of hydrogen-bond donors (Lipinski definition) is 1. The number of carbonyl (C=O) groups is 2. The number of amides is 1. The van der Waals surface area contributed by atoms with Gasteiger partial charge < -0.3 is 29.2 Å². The van der Waals surface area contributed by atoms with Gasteiger partial charge in [0.05, 0.1) is 51.2 Å². The molecule has 3 heterocycles. The average Bonchev–Trinajstić information content (AvgIpc) is 3.51. The van der Waals surface area contributed by atoms with Gasteiger partial charge in [0, 0.05) is 24.4 Å². The molecule has 34 heavy (non-hydrogen) atoms. The van der Waals surface area contributed by atoms with E-state index in [4.69, 9.17) is 18.9 Å². The van der Waals surface area contributed by atoms with E-state index in [0.717, 1.165) is 25.1 Å². The van der Waals surface area contributed by atoms with Gasteiger partial charge in [0.1, 0.15) is 11.5 Å². The second-order valence-corrected chi connectivity index (χ2v) is 8.94. The molecule has 9 nitrogen and oxygen atoms in total. The zero-order valence-electron chi connectivity index (χ0n) is 19.8. The normalized spacial score (nSPS) is 21.6. The van der Waals surface area contributed by atoms with Crippen molar-refractivity contribution in [1.29, 1.82) is 0 Å². The first kappa shape index (κ1) is 24.2. The van der Waals surface area contributed by atoms with Gasteiger partial charge in [-0.25, -0.2) is 9.79 Å². The average molecular weight is 488 g/mol. The van der Waals surface area contributed by atoms with E-state index >= 15 is 0 Å². The Morgan fingerprint density at radius 3 is 2.76 bits per heavy atom. The highest BCUT2D eigenvalue weighted by atomic mass is 32.2. The molecule has 1 N–H and O–H groups in total. The topological polar surface area (TPSA) is 98.7 Å². The van der Waals surface area contributed by atoms with Crippen LogP contribution in [-0.4, -0.2) is 62.5 Å². The maximum Gasteiger partial charge on any atom is 0.338 e. The predicted octanol–water partition coefficient (Wildman–Crippen LogP) is 3.14. The van der Waals surface area contributed by atoms with Gasteiger partial charge in [0.15, 0.2) is 5.17 Å². The number of hydrogen-bond acceptors (Lipinski definition) is 9. The number of thioether (sulfide) groups is 1. The lowest BCUT2D eigenvalue weighted by atomic mass is 9.93. The minimum Gasteiger partial charge on any atom is -0.497 e. The Balaban J connectivity index is 1.67. The number of ether oxygens (including phenoxy) is 4. The number of methoxy groups -OCH3 is 3. The van der Waals surface area contributed by atoms with Gasteiger partial charge in [-0.1, -0.05) is 11.8 Å². The van der Waals surface area contributed by atoms with Gasteiger partial charge in [0.2, 0.25) is 5.91 Å². The van der Waals surface area contributed by atoms with E-state index < -0.39 is 12.0 Å². The van der Waals surface area contributed by atoms with Crippen LogP contribution in [0.15, 0.2) is 45.6 Å². The van der Waals surface area contributed by atoms with E-state index in [1.165, 1.54) is 18.9 Å². The summed E-state index contributed by atoms with van der Waals surface area (Å²) in [6.45, 7) is 3.00. The third kappa shape index (κ3) is 4.78. The van der Waals surface area contributed by atoms with Gasteiger partial charge in [0.25, 0.3) is 0 Å². The van der Waals surface area contributed by atoms with Crippen molar-refractivity contribution in [3.05, 3.63) is 46.1 Å². The van der Waals surface area contributed by atoms with Crippen LogP contribution in [0, 0.1) is 0 Å². The van der Waals surface area contributed by atoms with Crippen molar-refractivity contribution in [2.24, 2.45) is 4.99 Å². The Morgan fingerprint density at radius 1 is 1.26 bits per heavy atom. The van der Waals surface area contributed by atoms with Crippen molar-refractivity contribution in [1.82, 2.24) is 10.2 Å². The molecule has 1 aromatic rings. The molecule has 1 saturated heterocycles. The third-order valence-corrected chi connectivity index (χ3v) is 6.92. The van der Waals surface area contributed by atoms with E-state index in [1.54, 1.807) is 33.3 Å². The number of nitrogens with one attached hydrogen (secondary N) is 1. The van der Waals surface area contributed by atoms with Gasteiger partial charge in [-0.05, 0) is 43.4 Å². The third-order valence-electron chi connectivity index (χ3n) is 6.03. The quantitative estimate of drug-likeness (QED) is 0.559. The molecular formula is C24H29N3O6S. The number of nitrogens with zero attached hydrogens (tertiary/aromatic N) is 2. The first-order chi connectivity index (χ1) is 16.5. The van der Waals surface area contributed by atoms with Gasteiger partial charge in [-0.2, -0.15) is 0 Å². The van der Waals surface area contributed by atoms with Crippen molar-refractivity contribution >= 4 is 28.8 Å². The summed E-state index contributed by atoms with van der Waals surface area (Å²) in [5, 5.41) is 5.55. The summed E-state index contributed by atoms with van der Waals surface area (Å²) < 4.78 is 21.8. The Labute approximate surface area is 203 Å². The molecule has 0 saturated carbocycles. The summed E-state index contributed by atoms with van der Waals surface area (Å²) in [4.78, 5) is 32.3. The summed E-state index contributed by atoms with van der Waals surface area (Å²) >= 11 is 1.42. The number of benzene rings is 1. The van der Waals surface area contributed by atoms with E-state index in [9.17, 15) is 9.59 Å². The molecule has 3 aliphatic heterocycles. The molecule has 0 spiro atoms. The molecule has 2 atom stereocenters. The minimum atomic E-state index is -0.600. The maximum absolute atomic E-state index is 12.9. The number of carbonyl (C=O) groups excluding carboxylic acids is 2. The molecule has 0 radical (unpaired) electrons. The fraction of sp³-hybridized carbons (Fsp3) is 0.458. The lowest BCUT2D eigenvalue weighted by molar-refractivity contribution is -0.136.